The molecular formula is C19H21N. The van der Waals surface area contributed by atoms with Crippen molar-refractivity contribution < 1.29 is 0 Å². The van der Waals surface area contributed by atoms with Gasteiger partial charge in [-0.25, -0.2) is 0 Å². The summed E-state index contributed by atoms with van der Waals surface area (Å²) in [5.74, 6) is 0. The van der Waals surface area contributed by atoms with Crippen molar-refractivity contribution in [1.82, 2.24) is 4.90 Å². The van der Waals surface area contributed by atoms with E-state index in [1.807, 2.05) is 0 Å². The van der Waals surface area contributed by atoms with E-state index in [1.54, 1.807) is 0 Å². The molecule has 0 saturated carbocycles. The minimum Gasteiger partial charge on any atom is -0.290 e. The van der Waals surface area contributed by atoms with Crippen molar-refractivity contribution in [3.8, 4) is 11.1 Å². The minimum atomic E-state index is 0.470. The average molecular weight is 263 g/mol. The number of benzene rings is 2. The maximum absolute atomic E-state index is 2.72. The topological polar surface area (TPSA) is 3.24 Å². The summed E-state index contributed by atoms with van der Waals surface area (Å²) in [6.45, 7) is 3.62. The fraction of sp³-hybridized carbons (Fsp3) is 0.368. The zero-order valence-electron chi connectivity index (χ0n) is 12.0. The molecule has 1 unspecified atom stereocenters. The van der Waals surface area contributed by atoms with Gasteiger partial charge in [0.05, 0.1) is 6.04 Å². The predicted octanol–water partition coefficient (Wildman–Crippen LogP) is 4.63. The molecule has 2 aliphatic rings. The minimum absolute atomic E-state index is 0.470. The SMILES string of the molecule is CC1CCCCN1C1c2ccccc2-c2ccccc21. The summed E-state index contributed by atoms with van der Waals surface area (Å²) in [7, 11) is 0. The molecule has 1 saturated heterocycles. The second-order valence-corrected chi connectivity index (χ2v) is 6.16. The first-order valence-electron chi connectivity index (χ1n) is 7.80. The summed E-state index contributed by atoms with van der Waals surface area (Å²) >= 11 is 0. The van der Waals surface area contributed by atoms with E-state index in [0.29, 0.717) is 12.1 Å². The molecule has 0 bridgehead atoms. The third-order valence-corrected chi connectivity index (χ3v) is 4.99. The molecule has 102 valence electrons. The monoisotopic (exact) mass is 263 g/mol. The molecule has 0 spiro atoms. The van der Waals surface area contributed by atoms with Crippen molar-refractivity contribution in [3.63, 3.8) is 0 Å². The Morgan fingerprint density at radius 2 is 1.45 bits per heavy atom. The highest BCUT2D eigenvalue weighted by Crippen LogP contribution is 2.47. The molecule has 1 aliphatic carbocycles. The van der Waals surface area contributed by atoms with Crippen LogP contribution in [0.3, 0.4) is 0 Å². The van der Waals surface area contributed by atoms with Gasteiger partial charge in [-0.05, 0) is 48.6 Å². The quantitative estimate of drug-likeness (QED) is 0.725. The molecule has 1 heterocycles. The largest absolute Gasteiger partial charge is 0.290 e. The van der Waals surface area contributed by atoms with Crippen molar-refractivity contribution in [2.45, 2.75) is 38.3 Å². The highest BCUT2D eigenvalue weighted by Gasteiger charge is 2.35. The molecule has 2 aromatic rings. The van der Waals surface area contributed by atoms with Crippen LogP contribution in [0.25, 0.3) is 11.1 Å². The van der Waals surface area contributed by atoms with Crippen molar-refractivity contribution in [1.29, 1.82) is 0 Å². The Bertz CT molecular complexity index is 586. The fourth-order valence-electron chi connectivity index (χ4n) is 3.99. The van der Waals surface area contributed by atoms with Gasteiger partial charge >= 0.3 is 0 Å². The molecule has 0 amide bonds. The van der Waals surface area contributed by atoms with Crippen LogP contribution in [0.5, 0.6) is 0 Å². The molecule has 0 aromatic heterocycles. The first-order valence-corrected chi connectivity index (χ1v) is 7.80. The van der Waals surface area contributed by atoms with Gasteiger partial charge in [0, 0.05) is 6.04 Å². The Balaban J connectivity index is 1.86. The Morgan fingerprint density at radius 1 is 0.850 bits per heavy atom. The van der Waals surface area contributed by atoms with E-state index in [-0.39, 0.29) is 0 Å². The number of piperidine rings is 1. The normalized spacial score (nSPS) is 22.6. The Morgan fingerprint density at radius 3 is 2.05 bits per heavy atom. The molecule has 1 nitrogen and oxygen atoms in total. The molecule has 2 aromatic carbocycles. The number of hydrogen-bond donors (Lipinski definition) is 0. The van der Waals surface area contributed by atoms with E-state index in [0.717, 1.165) is 0 Å². The van der Waals surface area contributed by atoms with Crippen LogP contribution in [0, 0.1) is 0 Å². The lowest BCUT2D eigenvalue weighted by Crippen LogP contribution is -2.40. The van der Waals surface area contributed by atoms with E-state index in [1.165, 1.54) is 48.1 Å². The Labute approximate surface area is 121 Å². The highest BCUT2D eigenvalue weighted by atomic mass is 15.2. The maximum atomic E-state index is 2.72. The number of likely N-dealkylation sites (tertiary alicyclic amines) is 1. The summed E-state index contributed by atoms with van der Waals surface area (Å²) in [5.41, 5.74) is 5.88. The van der Waals surface area contributed by atoms with Crippen LogP contribution in [0.1, 0.15) is 43.4 Å². The van der Waals surface area contributed by atoms with Crippen LogP contribution in [0.4, 0.5) is 0 Å². The van der Waals surface area contributed by atoms with Crippen LogP contribution in [-0.2, 0) is 0 Å². The lowest BCUT2D eigenvalue weighted by atomic mass is 9.96. The van der Waals surface area contributed by atoms with Gasteiger partial charge in [-0.2, -0.15) is 0 Å². The molecule has 1 atom stereocenters. The van der Waals surface area contributed by atoms with Gasteiger partial charge in [-0.3, -0.25) is 4.90 Å². The van der Waals surface area contributed by atoms with Gasteiger partial charge < -0.3 is 0 Å². The second kappa shape index (κ2) is 4.75. The second-order valence-electron chi connectivity index (χ2n) is 6.16. The summed E-state index contributed by atoms with van der Waals surface area (Å²) in [4.78, 5) is 2.72. The van der Waals surface area contributed by atoms with Crippen LogP contribution < -0.4 is 0 Å². The van der Waals surface area contributed by atoms with Crippen molar-refractivity contribution in [2.75, 3.05) is 6.54 Å². The van der Waals surface area contributed by atoms with E-state index in [9.17, 15) is 0 Å². The predicted molar refractivity (Wildman–Crippen MR) is 83.7 cm³/mol. The van der Waals surface area contributed by atoms with Crippen LogP contribution in [0.15, 0.2) is 48.5 Å². The fourth-order valence-corrected chi connectivity index (χ4v) is 3.99. The molecular weight excluding hydrogens is 242 g/mol. The first-order chi connectivity index (χ1) is 9.86. The van der Waals surface area contributed by atoms with Crippen LogP contribution >= 0.6 is 0 Å². The van der Waals surface area contributed by atoms with Crippen molar-refractivity contribution >= 4 is 0 Å². The maximum Gasteiger partial charge on any atom is 0.0616 e. The zero-order chi connectivity index (χ0) is 13.5. The van der Waals surface area contributed by atoms with Crippen LogP contribution in [-0.4, -0.2) is 17.5 Å². The Hall–Kier alpha value is -1.60. The number of fused-ring (bicyclic) bond motifs is 3. The third kappa shape index (κ3) is 1.73. The van der Waals surface area contributed by atoms with E-state index >= 15 is 0 Å². The lowest BCUT2D eigenvalue weighted by Gasteiger charge is -2.39. The van der Waals surface area contributed by atoms with E-state index in [2.05, 4.69) is 60.4 Å². The number of hydrogen-bond acceptors (Lipinski definition) is 1. The van der Waals surface area contributed by atoms with Gasteiger partial charge in [0.1, 0.15) is 0 Å². The van der Waals surface area contributed by atoms with Gasteiger partial charge in [-0.1, -0.05) is 55.0 Å². The van der Waals surface area contributed by atoms with Crippen LogP contribution in [0.2, 0.25) is 0 Å². The molecule has 0 radical (unpaired) electrons. The molecule has 20 heavy (non-hydrogen) atoms. The van der Waals surface area contributed by atoms with Crippen molar-refractivity contribution in [2.24, 2.45) is 0 Å². The Kier molecular flexibility index (Phi) is 2.89. The zero-order valence-corrected chi connectivity index (χ0v) is 12.0. The van der Waals surface area contributed by atoms with Gasteiger partial charge in [0.25, 0.3) is 0 Å². The van der Waals surface area contributed by atoms with Gasteiger partial charge in [0.2, 0.25) is 0 Å². The molecule has 1 aliphatic heterocycles. The average Bonchev–Trinajstić information content (AvgIpc) is 2.83. The summed E-state index contributed by atoms with van der Waals surface area (Å²) in [5, 5.41) is 0. The highest BCUT2D eigenvalue weighted by molar-refractivity contribution is 5.78. The number of nitrogens with zero attached hydrogens (tertiary/aromatic N) is 1. The molecule has 1 heteroatoms. The summed E-state index contributed by atoms with van der Waals surface area (Å²) < 4.78 is 0. The van der Waals surface area contributed by atoms with E-state index in [4.69, 9.17) is 0 Å². The van der Waals surface area contributed by atoms with Gasteiger partial charge in [0.15, 0.2) is 0 Å². The lowest BCUT2D eigenvalue weighted by molar-refractivity contribution is 0.127. The third-order valence-electron chi connectivity index (χ3n) is 4.99. The van der Waals surface area contributed by atoms with Gasteiger partial charge in [-0.15, -0.1) is 0 Å². The molecule has 1 fully saturated rings. The smallest absolute Gasteiger partial charge is 0.0616 e. The molecule has 4 rings (SSSR count). The van der Waals surface area contributed by atoms with Crippen molar-refractivity contribution in [3.05, 3.63) is 59.7 Å². The molecule has 0 N–H and O–H groups in total. The summed E-state index contributed by atoms with van der Waals surface area (Å²) in [6, 6.07) is 19.1. The standard InChI is InChI=1S/C19H21N/c1-14-8-6-7-13-20(14)19-17-11-4-2-9-15(17)16-10-3-5-12-18(16)19/h2-5,9-12,14,19H,6-8,13H2,1H3. The first kappa shape index (κ1) is 12.2. The van der Waals surface area contributed by atoms with E-state index < -0.39 is 0 Å². The number of rotatable bonds is 1. The summed E-state index contributed by atoms with van der Waals surface area (Å²) in [6.07, 6.45) is 4.06.